The average Bonchev–Trinajstić information content (AvgIpc) is 2.92. The number of aliphatic carboxylic acids is 1. The summed E-state index contributed by atoms with van der Waals surface area (Å²) in [7, 11) is 2.02. The third-order valence-corrected chi connectivity index (χ3v) is 4.05. The van der Waals surface area contributed by atoms with Crippen molar-refractivity contribution in [1.82, 2.24) is 20.7 Å². The number of carbonyl (C=O) groups is 2. The summed E-state index contributed by atoms with van der Waals surface area (Å²) in [4.78, 5) is 25.9. The largest absolute Gasteiger partial charge is 0.479 e. The fourth-order valence-corrected chi connectivity index (χ4v) is 2.70. The first-order valence-electron chi connectivity index (χ1n) is 6.33. The zero-order valence-corrected chi connectivity index (χ0v) is 12.0. The number of nitrogens with one attached hydrogen (secondary N) is 2. The normalized spacial score (nSPS) is 18.4. The van der Waals surface area contributed by atoms with Crippen molar-refractivity contribution in [2.24, 2.45) is 0 Å². The second-order valence-electron chi connectivity index (χ2n) is 4.66. The van der Waals surface area contributed by atoms with Gasteiger partial charge in [0, 0.05) is 31.1 Å². The Morgan fingerprint density at radius 1 is 1.35 bits per heavy atom. The zero-order valence-electron chi connectivity index (χ0n) is 11.2. The minimum atomic E-state index is -1.07. The number of thiophene rings is 1. The molecule has 1 aliphatic rings. The van der Waals surface area contributed by atoms with Gasteiger partial charge >= 0.3 is 12.0 Å². The van der Waals surface area contributed by atoms with Gasteiger partial charge in [-0.2, -0.15) is 0 Å². The molecule has 7 nitrogen and oxygen atoms in total. The lowest BCUT2D eigenvalue weighted by molar-refractivity contribution is -0.139. The number of hydrazine groups is 1. The number of nitrogens with zero attached hydrogens (tertiary/aromatic N) is 2. The molecule has 2 heterocycles. The number of hydrogen-bond donors (Lipinski definition) is 3. The van der Waals surface area contributed by atoms with Crippen LogP contribution < -0.4 is 10.7 Å². The topological polar surface area (TPSA) is 84.9 Å². The maximum atomic E-state index is 11.9. The van der Waals surface area contributed by atoms with Crippen molar-refractivity contribution < 1.29 is 14.7 Å². The van der Waals surface area contributed by atoms with Gasteiger partial charge in [-0.3, -0.25) is 5.43 Å². The van der Waals surface area contributed by atoms with E-state index in [0.717, 1.165) is 26.2 Å². The number of amides is 2. The second kappa shape index (κ2) is 6.69. The van der Waals surface area contributed by atoms with E-state index in [1.54, 1.807) is 22.5 Å². The van der Waals surface area contributed by atoms with Gasteiger partial charge in [-0.05, 0) is 18.5 Å². The molecule has 0 saturated carbocycles. The lowest BCUT2D eigenvalue weighted by atomic mass is 10.2. The van der Waals surface area contributed by atoms with Crippen molar-refractivity contribution >= 4 is 23.3 Å². The summed E-state index contributed by atoms with van der Waals surface area (Å²) in [5.41, 5.74) is 2.68. The standard InChI is InChI=1S/C12H18N4O3S/c1-15-4-6-16(7-5-15)14-12(19)13-10(11(17)18)9-3-2-8-20-9/h2-3,8,10H,4-7H2,1H3,(H,17,18)(H2,13,14,19). The Hall–Kier alpha value is -1.64. The Morgan fingerprint density at radius 3 is 2.60 bits per heavy atom. The van der Waals surface area contributed by atoms with Gasteiger partial charge in [-0.15, -0.1) is 11.3 Å². The minimum Gasteiger partial charge on any atom is -0.479 e. The summed E-state index contributed by atoms with van der Waals surface area (Å²) in [6.45, 7) is 3.18. The van der Waals surface area contributed by atoms with Gasteiger partial charge in [-0.25, -0.2) is 14.6 Å². The van der Waals surface area contributed by atoms with Crippen molar-refractivity contribution in [3.63, 3.8) is 0 Å². The van der Waals surface area contributed by atoms with E-state index >= 15 is 0 Å². The van der Waals surface area contributed by atoms with Crippen LogP contribution in [0.3, 0.4) is 0 Å². The molecule has 2 amide bonds. The van der Waals surface area contributed by atoms with Gasteiger partial charge in [0.1, 0.15) is 0 Å². The molecule has 0 spiro atoms. The molecule has 3 N–H and O–H groups in total. The van der Waals surface area contributed by atoms with Crippen LogP contribution >= 0.6 is 11.3 Å². The third-order valence-electron chi connectivity index (χ3n) is 3.11. The predicted octanol–water partition coefficient (Wildman–Crippen LogP) is 0.335. The van der Waals surface area contributed by atoms with Crippen molar-refractivity contribution in [1.29, 1.82) is 0 Å². The Kier molecular flexibility index (Phi) is 4.94. The average molecular weight is 298 g/mol. The van der Waals surface area contributed by atoms with Crippen LogP contribution in [-0.4, -0.2) is 60.2 Å². The van der Waals surface area contributed by atoms with Gasteiger partial charge in [-0.1, -0.05) is 6.07 Å². The molecular weight excluding hydrogens is 280 g/mol. The van der Waals surface area contributed by atoms with Crippen molar-refractivity contribution in [3.05, 3.63) is 22.4 Å². The first kappa shape index (κ1) is 14.8. The zero-order chi connectivity index (χ0) is 14.5. The molecular formula is C12H18N4O3S. The molecule has 20 heavy (non-hydrogen) atoms. The molecule has 1 aromatic rings. The van der Waals surface area contributed by atoms with E-state index in [0.29, 0.717) is 4.88 Å². The van der Waals surface area contributed by atoms with E-state index in [-0.39, 0.29) is 0 Å². The first-order valence-corrected chi connectivity index (χ1v) is 7.21. The van der Waals surface area contributed by atoms with Crippen molar-refractivity contribution in [2.45, 2.75) is 6.04 Å². The lowest BCUT2D eigenvalue weighted by Crippen LogP contribution is -2.55. The van der Waals surface area contributed by atoms with Gasteiger partial charge in [0.15, 0.2) is 6.04 Å². The smallest absolute Gasteiger partial charge is 0.331 e. The summed E-state index contributed by atoms with van der Waals surface area (Å²) in [5, 5.41) is 15.2. The van der Waals surface area contributed by atoms with Gasteiger partial charge in [0.05, 0.1) is 0 Å². The van der Waals surface area contributed by atoms with Crippen molar-refractivity contribution in [2.75, 3.05) is 33.2 Å². The third kappa shape index (κ3) is 3.92. The highest BCUT2D eigenvalue weighted by molar-refractivity contribution is 7.10. The Labute approximate surface area is 121 Å². The Balaban J connectivity index is 1.87. The van der Waals surface area contributed by atoms with Crippen LogP contribution in [0.4, 0.5) is 4.79 Å². The van der Waals surface area contributed by atoms with Crippen LogP contribution in [-0.2, 0) is 4.79 Å². The molecule has 8 heteroatoms. The summed E-state index contributed by atoms with van der Waals surface area (Å²) < 4.78 is 0. The maximum absolute atomic E-state index is 11.9. The number of rotatable bonds is 4. The number of carboxylic acids is 1. The SMILES string of the molecule is CN1CCN(NC(=O)NC(C(=O)O)c2cccs2)CC1. The summed E-state index contributed by atoms with van der Waals surface area (Å²) >= 11 is 1.30. The minimum absolute atomic E-state index is 0.490. The number of carbonyl (C=O) groups excluding carboxylic acids is 1. The van der Waals surface area contributed by atoms with Crippen LogP contribution in [0.2, 0.25) is 0 Å². The second-order valence-corrected chi connectivity index (χ2v) is 5.64. The molecule has 0 aliphatic carbocycles. The molecule has 110 valence electrons. The molecule has 0 radical (unpaired) electrons. The van der Waals surface area contributed by atoms with Crippen LogP contribution in [0.5, 0.6) is 0 Å². The van der Waals surface area contributed by atoms with Crippen LogP contribution in [0.25, 0.3) is 0 Å². The highest BCUT2D eigenvalue weighted by Crippen LogP contribution is 2.18. The molecule has 1 saturated heterocycles. The number of hydrogen-bond acceptors (Lipinski definition) is 5. The van der Waals surface area contributed by atoms with Gasteiger partial charge in [0.2, 0.25) is 0 Å². The van der Waals surface area contributed by atoms with Crippen LogP contribution in [0.15, 0.2) is 17.5 Å². The number of piperazine rings is 1. The van der Waals surface area contributed by atoms with E-state index in [1.165, 1.54) is 11.3 Å². The summed E-state index contributed by atoms with van der Waals surface area (Å²) in [6.07, 6.45) is 0. The highest BCUT2D eigenvalue weighted by atomic mass is 32.1. The molecule has 1 fully saturated rings. The van der Waals surface area contributed by atoms with E-state index < -0.39 is 18.0 Å². The van der Waals surface area contributed by atoms with Crippen molar-refractivity contribution in [3.8, 4) is 0 Å². The van der Waals surface area contributed by atoms with Crippen LogP contribution in [0, 0.1) is 0 Å². The molecule has 1 aliphatic heterocycles. The van der Waals surface area contributed by atoms with E-state index in [9.17, 15) is 14.7 Å². The van der Waals surface area contributed by atoms with Gasteiger partial charge < -0.3 is 15.3 Å². The maximum Gasteiger partial charge on any atom is 0.331 e. The van der Waals surface area contributed by atoms with Gasteiger partial charge in [0.25, 0.3) is 0 Å². The number of carboxylic acid groups (broad SMARTS) is 1. The lowest BCUT2D eigenvalue weighted by Gasteiger charge is -2.32. The molecule has 2 rings (SSSR count). The Bertz CT molecular complexity index is 457. The number of urea groups is 1. The van der Waals surface area contributed by atoms with Crippen LogP contribution in [0.1, 0.15) is 10.9 Å². The fraction of sp³-hybridized carbons (Fsp3) is 0.500. The predicted molar refractivity (Wildman–Crippen MR) is 75.4 cm³/mol. The monoisotopic (exact) mass is 298 g/mol. The Morgan fingerprint density at radius 2 is 2.05 bits per heavy atom. The molecule has 0 bridgehead atoms. The van der Waals surface area contributed by atoms with E-state index in [2.05, 4.69) is 15.6 Å². The molecule has 1 aromatic heterocycles. The van der Waals surface area contributed by atoms with E-state index in [1.807, 2.05) is 7.05 Å². The fourth-order valence-electron chi connectivity index (χ4n) is 1.94. The van der Waals surface area contributed by atoms with E-state index in [4.69, 9.17) is 0 Å². The number of likely N-dealkylation sites (N-methyl/N-ethyl adjacent to an activating group) is 1. The first-order chi connectivity index (χ1) is 9.56. The quantitative estimate of drug-likeness (QED) is 0.746. The molecule has 1 unspecified atom stereocenters. The summed E-state index contributed by atoms with van der Waals surface area (Å²) in [6, 6.07) is 1.95. The molecule has 1 atom stereocenters. The summed E-state index contributed by atoms with van der Waals surface area (Å²) in [5.74, 6) is -1.07. The molecule has 0 aromatic carbocycles. The highest BCUT2D eigenvalue weighted by Gasteiger charge is 2.24.